The van der Waals surface area contributed by atoms with E-state index in [4.69, 9.17) is 9.26 Å². The minimum Gasteiger partial charge on any atom is -0.368 e. The number of carbonyl (C=O) groups is 1. The van der Waals surface area contributed by atoms with E-state index in [1.807, 2.05) is 11.4 Å². The van der Waals surface area contributed by atoms with Gasteiger partial charge in [-0.15, -0.1) is 11.3 Å². The highest BCUT2D eigenvalue weighted by molar-refractivity contribution is 7.10. The minimum absolute atomic E-state index is 0.0950. The van der Waals surface area contributed by atoms with Crippen LogP contribution in [0.4, 0.5) is 0 Å². The molecule has 0 aliphatic carbocycles. The van der Waals surface area contributed by atoms with Gasteiger partial charge in [0, 0.05) is 16.9 Å². The van der Waals surface area contributed by atoms with E-state index in [1.165, 1.54) is 4.88 Å². The zero-order valence-corrected chi connectivity index (χ0v) is 13.5. The molecule has 7 heteroatoms. The molecule has 0 unspecified atom stereocenters. The van der Waals surface area contributed by atoms with Gasteiger partial charge in [-0.1, -0.05) is 19.0 Å². The average Bonchev–Trinajstić information content (AvgIpc) is 3.23. The Morgan fingerprint density at radius 3 is 3.09 bits per heavy atom. The number of rotatable bonds is 5. The number of thiophene rings is 1. The third kappa shape index (κ3) is 3.36. The highest BCUT2D eigenvalue weighted by Gasteiger charge is 2.23. The van der Waals surface area contributed by atoms with Gasteiger partial charge < -0.3 is 14.6 Å². The van der Waals surface area contributed by atoms with Crippen molar-refractivity contribution >= 4 is 17.2 Å². The summed E-state index contributed by atoms with van der Waals surface area (Å²) in [6.45, 7) is 5.20. The van der Waals surface area contributed by atoms with Crippen molar-refractivity contribution < 1.29 is 14.1 Å². The van der Waals surface area contributed by atoms with Gasteiger partial charge in [0.15, 0.2) is 5.82 Å². The first-order valence-electron chi connectivity index (χ1n) is 7.44. The maximum absolute atomic E-state index is 12.1. The second kappa shape index (κ2) is 6.58. The maximum Gasteiger partial charge on any atom is 0.255 e. The van der Waals surface area contributed by atoms with Crippen molar-refractivity contribution in [1.29, 1.82) is 0 Å². The van der Waals surface area contributed by atoms with E-state index in [0.29, 0.717) is 23.2 Å². The van der Waals surface area contributed by atoms with Crippen LogP contribution < -0.4 is 5.32 Å². The number of hydrogen-bond acceptors (Lipinski definition) is 6. The zero-order chi connectivity index (χ0) is 15.5. The van der Waals surface area contributed by atoms with E-state index in [-0.39, 0.29) is 18.6 Å². The van der Waals surface area contributed by atoms with Crippen molar-refractivity contribution in [2.75, 3.05) is 6.61 Å². The smallest absolute Gasteiger partial charge is 0.255 e. The molecule has 1 amide bonds. The SMILES string of the molecule is CC(C)c1cc(C(=O)NCc2noc([C@@H]3CCCO3)n2)cs1. The number of nitrogens with zero attached hydrogens (tertiary/aromatic N) is 2. The van der Waals surface area contributed by atoms with Gasteiger partial charge in [0.1, 0.15) is 6.10 Å². The van der Waals surface area contributed by atoms with Crippen molar-refractivity contribution in [1.82, 2.24) is 15.5 Å². The van der Waals surface area contributed by atoms with Crippen LogP contribution in [0.25, 0.3) is 0 Å². The second-order valence-electron chi connectivity index (χ2n) is 5.63. The fourth-order valence-corrected chi connectivity index (χ4v) is 3.18. The molecule has 1 aliphatic rings. The number of nitrogens with one attached hydrogen (secondary N) is 1. The molecule has 1 atom stereocenters. The molecule has 0 spiro atoms. The Bertz CT molecular complexity index is 644. The first-order valence-corrected chi connectivity index (χ1v) is 8.32. The Kier molecular flexibility index (Phi) is 4.54. The number of amides is 1. The van der Waals surface area contributed by atoms with Crippen molar-refractivity contribution in [3.8, 4) is 0 Å². The summed E-state index contributed by atoms with van der Waals surface area (Å²) in [6.07, 6.45) is 1.82. The molecule has 0 bridgehead atoms. The summed E-state index contributed by atoms with van der Waals surface area (Å²) < 4.78 is 10.7. The molecule has 1 N–H and O–H groups in total. The third-order valence-corrected chi connectivity index (χ3v) is 4.78. The first-order chi connectivity index (χ1) is 10.6. The van der Waals surface area contributed by atoms with Crippen LogP contribution in [0.3, 0.4) is 0 Å². The van der Waals surface area contributed by atoms with Crippen LogP contribution in [-0.2, 0) is 11.3 Å². The van der Waals surface area contributed by atoms with E-state index in [1.54, 1.807) is 11.3 Å². The molecule has 118 valence electrons. The number of ether oxygens (including phenoxy) is 1. The topological polar surface area (TPSA) is 77.2 Å². The molecule has 3 rings (SSSR count). The summed E-state index contributed by atoms with van der Waals surface area (Å²) >= 11 is 1.60. The number of aromatic nitrogens is 2. The maximum atomic E-state index is 12.1. The molecular weight excluding hydrogens is 302 g/mol. The summed E-state index contributed by atoms with van der Waals surface area (Å²) in [5.41, 5.74) is 0.677. The van der Waals surface area contributed by atoms with Crippen LogP contribution in [0, 0.1) is 0 Å². The van der Waals surface area contributed by atoms with Gasteiger partial charge in [0.25, 0.3) is 11.8 Å². The van der Waals surface area contributed by atoms with Crippen LogP contribution in [0.2, 0.25) is 0 Å². The fraction of sp³-hybridized carbons (Fsp3) is 0.533. The number of carbonyl (C=O) groups excluding carboxylic acids is 1. The molecule has 0 saturated carbocycles. The van der Waals surface area contributed by atoms with E-state index in [0.717, 1.165) is 19.4 Å². The lowest BCUT2D eigenvalue weighted by atomic mass is 10.1. The monoisotopic (exact) mass is 321 g/mol. The van der Waals surface area contributed by atoms with E-state index in [2.05, 4.69) is 29.3 Å². The van der Waals surface area contributed by atoms with Gasteiger partial charge in [0.2, 0.25) is 0 Å². The van der Waals surface area contributed by atoms with E-state index in [9.17, 15) is 4.79 Å². The molecule has 1 saturated heterocycles. The Balaban J connectivity index is 1.56. The molecule has 6 nitrogen and oxygen atoms in total. The minimum atomic E-state index is -0.119. The Morgan fingerprint density at radius 1 is 1.55 bits per heavy atom. The number of hydrogen-bond donors (Lipinski definition) is 1. The van der Waals surface area contributed by atoms with E-state index < -0.39 is 0 Å². The molecule has 2 aromatic rings. The molecule has 0 radical (unpaired) electrons. The first kappa shape index (κ1) is 15.2. The quantitative estimate of drug-likeness (QED) is 0.916. The van der Waals surface area contributed by atoms with Gasteiger partial charge in [-0.25, -0.2) is 0 Å². The Morgan fingerprint density at radius 2 is 2.41 bits per heavy atom. The predicted octanol–water partition coefficient (Wildman–Crippen LogP) is 3.04. The summed E-state index contributed by atoms with van der Waals surface area (Å²) in [5.74, 6) is 1.28. The predicted molar refractivity (Wildman–Crippen MR) is 81.8 cm³/mol. The Hall–Kier alpha value is -1.73. The Labute approximate surface area is 132 Å². The standard InChI is InChI=1S/C15H19N3O3S/c1-9(2)12-6-10(8-22-12)14(19)16-7-13-17-15(21-18-13)11-4-3-5-20-11/h6,8-9,11H,3-5,7H2,1-2H3,(H,16,19)/t11-/m0/s1. The van der Waals surface area contributed by atoms with Crippen molar-refractivity contribution in [3.05, 3.63) is 33.6 Å². The summed E-state index contributed by atoms with van der Waals surface area (Å²) in [5, 5.41) is 8.57. The van der Waals surface area contributed by atoms with Crippen molar-refractivity contribution in [3.63, 3.8) is 0 Å². The van der Waals surface area contributed by atoms with Crippen LogP contribution in [0.5, 0.6) is 0 Å². The van der Waals surface area contributed by atoms with Gasteiger partial charge >= 0.3 is 0 Å². The highest BCUT2D eigenvalue weighted by atomic mass is 32.1. The lowest BCUT2D eigenvalue weighted by molar-refractivity contribution is 0.0835. The summed E-state index contributed by atoms with van der Waals surface area (Å²) in [4.78, 5) is 17.6. The van der Waals surface area contributed by atoms with Gasteiger partial charge in [-0.05, 0) is 24.8 Å². The molecule has 22 heavy (non-hydrogen) atoms. The second-order valence-corrected chi connectivity index (χ2v) is 6.57. The van der Waals surface area contributed by atoms with Gasteiger partial charge in [-0.3, -0.25) is 4.79 Å². The normalized spacial score (nSPS) is 18.0. The lowest BCUT2D eigenvalue weighted by Gasteiger charge is -2.01. The van der Waals surface area contributed by atoms with Crippen LogP contribution >= 0.6 is 11.3 Å². The largest absolute Gasteiger partial charge is 0.368 e. The average molecular weight is 321 g/mol. The molecule has 1 fully saturated rings. The van der Waals surface area contributed by atoms with Crippen LogP contribution in [0.1, 0.15) is 65.7 Å². The molecule has 1 aliphatic heterocycles. The highest BCUT2D eigenvalue weighted by Crippen LogP contribution is 2.27. The van der Waals surface area contributed by atoms with E-state index >= 15 is 0 Å². The molecule has 0 aromatic carbocycles. The summed E-state index contributed by atoms with van der Waals surface area (Å²) in [6, 6.07) is 1.93. The molecular formula is C15H19N3O3S. The van der Waals surface area contributed by atoms with Crippen LogP contribution in [0.15, 0.2) is 16.0 Å². The van der Waals surface area contributed by atoms with Gasteiger partial charge in [0.05, 0.1) is 12.1 Å². The zero-order valence-electron chi connectivity index (χ0n) is 12.7. The third-order valence-electron chi connectivity index (χ3n) is 3.55. The van der Waals surface area contributed by atoms with Crippen molar-refractivity contribution in [2.24, 2.45) is 0 Å². The van der Waals surface area contributed by atoms with Gasteiger partial charge in [-0.2, -0.15) is 4.98 Å². The van der Waals surface area contributed by atoms with Crippen molar-refractivity contribution in [2.45, 2.75) is 45.3 Å². The fourth-order valence-electron chi connectivity index (χ4n) is 2.28. The molecule has 2 aromatic heterocycles. The summed E-state index contributed by atoms with van der Waals surface area (Å²) in [7, 11) is 0. The lowest BCUT2D eigenvalue weighted by Crippen LogP contribution is -2.22. The molecule has 3 heterocycles. The van der Waals surface area contributed by atoms with Crippen LogP contribution in [-0.4, -0.2) is 22.7 Å².